The predicted molar refractivity (Wildman–Crippen MR) is 96.6 cm³/mol. The maximum Gasteiger partial charge on any atom is 0.336 e. The fourth-order valence-corrected chi connectivity index (χ4v) is 5.56. The molecule has 2 aliphatic heterocycles. The molecule has 148 valence electrons. The molecule has 6 atom stereocenters. The topological polar surface area (TPSA) is 74.4 Å². The number of esters is 2. The molecule has 4 aliphatic rings. The first-order valence-corrected chi connectivity index (χ1v) is 9.76. The van der Waals surface area contributed by atoms with Crippen molar-refractivity contribution in [1.29, 1.82) is 0 Å². The SMILES string of the molecule is C=C(C)C(=O)O[C@H]1C2=C(C)C(=O)O[C@]2(OCC)C[C@]23O[C@H]2CC[C@@H](C)[C@]13C. The van der Waals surface area contributed by atoms with Gasteiger partial charge in [-0.25, -0.2) is 9.59 Å². The molecule has 1 spiro atoms. The molecular weight excluding hydrogens is 348 g/mol. The highest BCUT2D eigenvalue weighted by Crippen LogP contribution is 2.71. The summed E-state index contributed by atoms with van der Waals surface area (Å²) in [6.45, 7) is 13.6. The summed E-state index contributed by atoms with van der Waals surface area (Å²) in [7, 11) is 0. The van der Waals surface area contributed by atoms with E-state index in [1.807, 2.05) is 6.92 Å². The van der Waals surface area contributed by atoms with Gasteiger partial charge in [0.2, 0.25) is 5.79 Å². The van der Waals surface area contributed by atoms with Crippen LogP contribution in [0.4, 0.5) is 0 Å². The molecule has 27 heavy (non-hydrogen) atoms. The number of hydrogen-bond acceptors (Lipinski definition) is 6. The second kappa shape index (κ2) is 5.67. The van der Waals surface area contributed by atoms with E-state index in [0.29, 0.717) is 29.7 Å². The molecule has 6 heteroatoms. The maximum absolute atomic E-state index is 12.5. The van der Waals surface area contributed by atoms with E-state index < -0.39 is 34.8 Å². The Hall–Kier alpha value is -1.66. The lowest BCUT2D eigenvalue weighted by Gasteiger charge is -2.55. The lowest BCUT2D eigenvalue weighted by molar-refractivity contribution is -0.244. The van der Waals surface area contributed by atoms with Gasteiger partial charge in [0.05, 0.1) is 18.1 Å². The molecule has 2 aliphatic carbocycles. The van der Waals surface area contributed by atoms with Gasteiger partial charge < -0.3 is 18.9 Å². The molecule has 0 N–H and O–H groups in total. The van der Waals surface area contributed by atoms with Crippen LogP contribution in [0.5, 0.6) is 0 Å². The van der Waals surface area contributed by atoms with Crippen LogP contribution >= 0.6 is 0 Å². The van der Waals surface area contributed by atoms with Gasteiger partial charge in [0.1, 0.15) is 11.7 Å². The number of epoxide rings is 1. The largest absolute Gasteiger partial charge is 0.453 e. The van der Waals surface area contributed by atoms with Crippen LogP contribution in [0.15, 0.2) is 23.3 Å². The second-order valence-corrected chi connectivity index (χ2v) is 8.61. The summed E-state index contributed by atoms with van der Waals surface area (Å²) in [6, 6.07) is 0. The number of rotatable bonds is 4. The Balaban J connectivity index is 1.90. The summed E-state index contributed by atoms with van der Waals surface area (Å²) in [6.07, 6.45) is 1.79. The Morgan fingerprint density at radius 1 is 1.37 bits per heavy atom. The van der Waals surface area contributed by atoms with Crippen LogP contribution < -0.4 is 0 Å². The first-order chi connectivity index (χ1) is 12.6. The molecule has 0 radical (unpaired) electrons. The normalized spacial score (nSPS) is 44.8. The number of hydrogen-bond donors (Lipinski definition) is 0. The second-order valence-electron chi connectivity index (χ2n) is 8.61. The molecule has 0 aromatic rings. The minimum absolute atomic E-state index is 0.0724. The van der Waals surface area contributed by atoms with Crippen molar-refractivity contribution in [1.82, 2.24) is 0 Å². The standard InChI is InChI=1S/C21H28O6/c1-7-24-21-10-20-14(26-20)9-8-12(4)19(20,6)16(25-17(22)11(2)3)15(21)13(5)18(23)27-21/h12,14,16H,2,7-10H2,1,3-6H3/t12-,14+,16+,19-,20+,21-/m1/s1. The molecule has 0 unspecified atom stereocenters. The summed E-state index contributed by atoms with van der Waals surface area (Å²) in [5.41, 5.74) is 0.440. The average molecular weight is 376 g/mol. The van der Waals surface area contributed by atoms with Crippen molar-refractivity contribution < 1.29 is 28.5 Å². The zero-order chi connectivity index (χ0) is 19.8. The Morgan fingerprint density at radius 2 is 2.07 bits per heavy atom. The van der Waals surface area contributed by atoms with E-state index in [9.17, 15) is 9.59 Å². The van der Waals surface area contributed by atoms with Crippen LogP contribution in [0.25, 0.3) is 0 Å². The number of ether oxygens (including phenoxy) is 4. The molecule has 1 saturated heterocycles. The minimum atomic E-state index is -1.22. The predicted octanol–water partition coefficient (Wildman–Crippen LogP) is 3.06. The van der Waals surface area contributed by atoms with E-state index in [-0.39, 0.29) is 12.0 Å². The fourth-order valence-electron chi connectivity index (χ4n) is 5.56. The van der Waals surface area contributed by atoms with Gasteiger partial charge in [-0.3, -0.25) is 0 Å². The van der Waals surface area contributed by atoms with Crippen molar-refractivity contribution >= 4 is 11.9 Å². The van der Waals surface area contributed by atoms with Crippen LogP contribution in [0, 0.1) is 11.3 Å². The van der Waals surface area contributed by atoms with E-state index in [1.54, 1.807) is 13.8 Å². The van der Waals surface area contributed by atoms with Gasteiger partial charge in [-0.15, -0.1) is 0 Å². The zero-order valence-corrected chi connectivity index (χ0v) is 16.7. The summed E-state index contributed by atoms with van der Waals surface area (Å²) in [5.74, 6) is -1.87. The number of carbonyl (C=O) groups excluding carboxylic acids is 2. The van der Waals surface area contributed by atoms with Crippen molar-refractivity contribution in [2.45, 2.75) is 77.5 Å². The van der Waals surface area contributed by atoms with Crippen molar-refractivity contribution in [3.8, 4) is 0 Å². The first-order valence-electron chi connectivity index (χ1n) is 9.76. The lowest BCUT2D eigenvalue weighted by Crippen LogP contribution is -2.65. The van der Waals surface area contributed by atoms with Crippen LogP contribution in [0.1, 0.15) is 53.9 Å². The van der Waals surface area contributed by atoms with Gasteiger partial charge in [-0.2, -0.15) is 0 Å². The molecule has 0 aromatic carbocycles. The maximum atomic E-state index is 12.5. The van der Waals surface area contributed by atoms with Gasteiger partial charge in [0.25, 0.3) is 0 Å². The summed E-state index contributed by atoms with van der Waals surface area (Å²) in [5, 5.41) is 0. The van der Waals surface area contributed by atoms with Gasteiger partial charge in [-0.05, 0) is 39.5 Å². The quantitative estimate of drug-likeness (QED) is 0.426. The fraction of sp³-hybridized carbons (Fsp3) is 0.714. The molecule has 0 amide bonds. The molecule has 4 rings (SSSR count). The molecular formula is C21H28O6. The summed E-state index contributed by atoms with van der Waals surface area (Å²) in [4.78, 5) is 25.1. The Morgan fingerprint density at radius 3 is 2.70 bits per heavy atom. The third-order valence-corrected chi connectivity index (χ3v) is 7.24. The first kappa shape index (κ1) is 18.7. The third-order valence-electron chi connectivity index (χ3n) is 7.24. The Bertz CT molecular complexity index is 769. The monoisotopic (exact) mass is 376 g/mol. The van der Waals surface area contributed by atoms with E-state index in [0.717, 1.165) is 12.8 Å². The highest BCUT2D eigenvalue weighted by molar-refractivity contribution is 5.93. The van der Waals surface area contributed by atoms with Gasteiger partial charge >= 0.3 is 11.9 Å². The Labute approximate surface area is 159 Å². The summed E-state index contributed by atoms with van der Waals surface area (Å²) < 4.78 is 24.1. The third kappa shape index (κ3) is 2.20. The van der Waals surface area contributed by atoms with Gasteiger partial charge in [-0.1, -0.05) is 20.4 Å². The van der Waals surface area contributed by atoms with E-state index in [1.165, 1.54) is 0 Å². The van der Waals surface area contributed by atoms with E-state index in [2.05, 4.69) is 20.4 Å². The molecule has 6 nitrogen and oxygen atoms in total. The number of carbonyl (C=O) groups is 2. The van der Waals surface area contributed by atoms with Crippen molar-refractivity contribution in [3.63, 3.8) is 0 Å². The van der Waals surface area contributed by atoms with E-state index >= 15 is 0 Å². The van der Waals surface area contributed by atoms with Crippen molar-refractivity contribution in [3.05, 3.63) is 23.3 Å². The zero-order valence-electron chi connectivity index (χ0n) is 16.7. The van der Waals surface area contributed by atoms with Crippen LogP contribution in [0.3, 0.4) is 0 Å². The van der Waals surface area contributed by atoms with Crippen LogP contribution in [-0.2, 0) is 28.5 Å². The molecule has 3 fully saturated rings. The lowest BCUT2D eigenvalue weighted by atomic mass is 9.51. The Kier molecular flexibility index (Phi) is 3.93. The smallest absolute Gasteiger partial charge is 0.336 e. The van der Waals surface area contributed by atoms with Gasteiger partial charge in [0, 0.05) is 23.2 Å². The molecule has 0 aromatic heterocycles. The van der Waals surface area contributed by atoms with Crippen LogP contribution in [-0.4, -0.2) is 42.1 Å². The molecule has 0 bridgehead atoms. The highest BCUT2D eigenvalue weighted by Gasteiger charge is 2.81. The van der Waals surface area contributed by atoms with Crippen molar-refractivity contribution in [2.24, 2.45) is 11.3 Å². The molecule has 2 heterocycles. The average Bonchev–Trinajstić information content (AvgIpc) is 3.25. The van der Waals surface area contributed by atoms with E-state index in [4.69, 9.17) is 18.9 Å². The highest BCUT2D eigenvalue weighted by atomic mass is 16.7. The van der Waals surface area contributed by atoms with Crippen LogP contribution in [0.2, 0.25) is 0 Å². The minimum Gasteiger partial charge on any atom is -0.453 e. The molecule has 2 saturated carbocycles. The number of fused-ring (bicyclic) bond motifs is 1. The van der Waals surface area contributed by atoms with Gasteiger partial charge in [0.15, 0.2) is 0 Å². The van der Waals surface area contributed by atoms with Crippen molar-refractivity contribution in [2.75, 3.05) is 6.61 Å². The summed E-state index contributed by atoms with van der Waals surface area (Å²) >= 11 is 0.